The minimum Gasteiger partial charge on any atom is -0.258 e. The van der Waals surface area contributed by atoms with Gasteiger partial charge in [-0.3, -0.25) is 10.1 Å². The lowest BCUT2D eigenvalue weighted by Gasteiger charge is -2.09. The van der Waals surface area contributed by atoms with Crippen molar-refractivity contribution in [3.05, 3.63) is 33.1 Å². The van der Waals surface area contributed by atoms with E-state index in [0.717, 1.165) is 6.07 Å². The summed E-state index contributed by atoms with van der Waals surface area (Å²) in [5, 5.41) is 18.9. The Morgan fingerprint density at radius 2 is 2.00 bits per heavy atom. The van der Waals surface area contributed by atoms with E-state index in [1.54, 1.807) is 0 Å². The molecule has 0 saturated carbocycles. The Hall–Kier alpha value is -2.31. The molecule has 0 aliphatic heterocycles. The van der Waals surface area contributed by atoms with Crippen LogP contribution in [-0.2, 0) is 6.18 Å². The van der Waals surface area contributed by atoms with Crippen molar-refractivity contribution >= 4 is 5.69 Å². The summed E-state index contributed by atoms with van der Waals surface area (Å²) in [6, 6.07) is 1.13. The molecule has 0 fully saturated rings. The maximum absolute atomic E-state index is 12.4. The topological polar surface area (TPSA) is 79.8 Å². The number of hydrogen-bond acceptors (Lipinski definition) is 4. The zero-order valence-electron chi connectivity index (χ0n) is 8.20. The molecule has 96 valence electrons. The van der Waals surface area contributed by atoms with Crippen molar-refractivity contribution in [2.45, 2.75) is 12.6 Å². The summed E-state index contributed by atoms with van der Waals surface area (Å²) in [4.78, 5) is 11.6. The van der Waals surface area contributed by atoms with Crippen molar-refractivity contribution in [2.24, 2.45) is 0 Å². The van der Waals surface area contributed by atoms with Crippen molar-refractivity contribution in [2.75, 3.05) is 0 Å². The molecule has 1 aromatic heterocycles. The highest BCUT2D eigenvalue weighted by molar-refractivity contribution is 5.53. The number of aromatic nitrogens is 1. The Balaban J connectivity index is 3.66. The van der Waals surface area contributed by atoms with E-state index in [0.29, 0.717) is 0 Å². The van der Waals surface area contributed by atoms with Gasteiger partial charge >= 0.3 is 11.9 Å². The van der Waals surface area contributed by atoms with Crippen LogP contribution >= 0.6 is 0 Å². The summed E-state index contributed by atoms with van der Waals surface area (Å²) >= 11 is 0. The molecule has 0 bridgehead atoms. The van der Waals surface area contributed by atoms with Crippen LogP contribution < -0.4 is 0 Å². The van der Waals surface area contributed by atoms with Crippen LogP contribution in [0.25, 0.3) is 0 Å². The Morgan fingerprint density at radius 1 is 1.44 bits per heavy atom. The molecule has 0 aliphatic rings. The van der Waals surface area contributed by atoms with E-state index in [1.807, 2.05) is 0 Å². The molecule has 10 heteroatoms. The Bertz CT molecular complexity index is 535. The molecule has 0 radical (unpaired) electrons. The van der Waals surface area contributed by atoms with Gasteiger partial charge in [0.1, 0.15) is 17.3 Å². The van der Waals surface area contributed by atoms with Gasteiger partial charge < -0.3 is 0 Å². The molecule has 5 nitrogen and oxygen atoms in total. The molecule has 0 atom stereocenters. The van der Waals surface area contributed by atoms with Crippen molar-refractivity contribution in [3.63, 3.8) is 0 Å². The molecule has 0 unspecified atom stereocenters. The lowest BCUT2D eigenvalue weighted by Crippen LogP contribution is -2.13. The highest BCUT2D eigenvalue weighted by Gasteiger charge is 2.38. The zero-order chi connectivity index (χ0) is 14.1. The number of nitrogens with zero attached hydrogens (tertiary/aromatic N) is 3. The number of nitriles is 1. The van der Waals surface area contributed by atoms with Gasteiger partial charge in [-0.05, 0) is 6.07 Å². The fourth-order valence-electron chi connectivity index (χ4n) is 1.13. The van der Waals surface area contributed by atoms with E-state index in [9.17, 15) is 32.1 Å². The quantitative estimate of drug-likeness (QED) is 0.468. The third-order valence-electron chi connectivity index (χ3n) is 1.82. The van der Waals surface area contributed by atoms with Crippen LogP contribution in [0.15, 0.2) is 6.07 Å². The molecule has 0 amide bonds. The predicted molar refractivity (Wildman–Crippen MR) is 45.6 cm³/mol. The molecule has 18 heavy (non-hydrogen) atoms. The van der Waals surface area contributed by atoms with Gasteiger partial charge in [0.2, 0.25) is 0 Å². The second kappa shape index (κ2) is 4.52. The molecule has 1 aromatic rings. The second-order valence-corrected chi connectivity index (χ2v) is 2.96. The number of alkyl halides is 5. The largest absolute Gasteiger partial charge is 0.433 e. The third kappa shape index (κ3) is 2.50. The first-order valence-electron chi connectivity index (χ1n) is 4.13. The molecule has 0 aliphatic carbocycles. The number of rotatable bonds is 2. The van der Waals surface area contributed by atoms with Gasteiger partial charge in [0, 0.05) is 0 Å². The first-order valence-corrected chi connectivity index (χ1v) is 4.13. The van der Waals surface area contributed by atoms with Gasteiger partial charge in [-0.2, -0.15) is 18.4 Å². The van der Waals surface area contributed by atoms with Crippen molar-refractivity contribution < 1.29 is 26.9 Å². The summed E-state index contributed by atoms with van der Waals surface area (Å²) in [5.74, 6) is 0. The normalized spacial score (nSPS) is 11.4. The van der Waals surface area contributed by atoms with Crippen LogP contribution in [0.1, 0.15) is 23.4 Å². The molecule has 1 rings (SSSR count). The number of halogens is 5. The lowest BCUT2D eigenvalue weighted by atomic mass is 10.1. The SMILES string of the molecule is N#Cc1cc(C(F)(F)F)nc(C(F)F)c1[N+](=O)[O-]. The maximum Gasteiger partial charge on any atom is 0.433 e. The average molecular weight is 267 g/mol. The van der Waals surface area contributed by atoms with E-state index >= 15 is 0 Å². The smallest absolute Gasteiger partial charge is 0.258 e. The molecular formula is C8H2F5N3O2. The summed E-state index contributed by atoms with van der Waals surface area (Å²) in [6.07, 6.45) is -8.68. The van der Waals surface area contributed by atoms with Gasteiger partial charge in [-0.1, -0.05) is 0 Å². The van der Waals surface area contributed by atoms with Gasteiger partial charge in [0.25, 0.3) is 6.43 Å². The molecule has 0 spiro atoms. The first-order chi connectivity index (χ1) is 8.18. The van der Waals surface area contributed by atoms with Crippen molar-refractivity contribution in [3.8, 4) is 6.07 Å². The predicted octanol–water partition coefficient (Wildman–Crippen LogP) is 2.82. The van der Waals surface area contributed by atoms with Crippen LogP contribution in [0.4, 0.5) is 27.6 Å². The maximum atomic E-state index is 12.4. The summed E-state index contributed by atoms with van der Waals surface area (Å²) in [7, 11) is 0. The molecule has 1 heterocycles. The van der Waals surface area contributed by atoms with Gasteiger partial charge in [-0.25, -0.2) is 13.8 Å². The summed E-state index contributed by atoms with van der Waals surface area (Å²) in [5.41, 5.74) is -5.98. The second-order valence-electron chi connectivity index (χ2n) is 2.96. The first kappa shape index (κ1) is 13.8. The number of pyridine rings is 1. The highest BCUT2D eigenvalue weighted by Crippen LogP contribution is 2.35. The van der Waals surface area contributed by atoms with E-state index in [4.69, 9.17) is 5.26 Å². The van der Waals surface area contributed by atoms with Gasteiger partial charge in [-0.15, -0.1) is 0 Å². The molecule has 0 saturated heterocycles. The van der Waals surface area contributed by atoms with Crippen LogP contribution in [0.2, 0.25) is 0 Å². The Morgan fingerprint density at radius 3 is 2.33 bits per heavy atom. The number of hydrogen-bond donors (Lipinski definition) is 0. The number of nitro groups is 1. The van der Waals surface area contributed by atoms with Gasteiger partial charge in [0.15, 0.2) is 5.69 Å². The zero-order valence-corrected chi connectivity index (χ0v) is 8.20. The van der Waals surface area contributed by atoms with Crippen LogP contribution in [0.3, 0.4) is 0 Å². The Kier molecular flexibility index (Phi) is 3.45. The highest BCUT2D eigenvalue weighted by atomic mass is 19.4. The fourth-order valence-corrected chi connectivity index (χ4v) is 1.13. The van der Waals surface area contributed by atoms with Crippen LogP contribution in [0, 0.1) is 21.4 Å². The monoisotopic (exact) mass is 267 g/mol. The van der Waals surface area contributed by atoms with Crippen LogP contribution in [-0.4, -0.2) is 9.91 Å². The lowest BCUT2D eigenvalue weighted by molar-refractivity contribution is -0.387. The molecule has 0 aromatic carbocycles. The van der Waals surface area contributed by atoms with E-state index in [1.165, 1.54) is 0 Å². The minimum atomic E-state index is -5.08. The van der Waals surface area contributed by atoms with Crippen LogP contribution in [0.5, 0.6) is 0 Å². The van der Waals surface area contributed by atoms with E-state index in [-0.39, 0.29) is 6.07 Å². The Labute approximate surface area is 95.6 Å². The van der Waals surface area contributed by atoms with Crippen molar-refractivity contribution in [1.82, 2.24) is 4.98 Å². The summed E-state index contributed by atoms with van der Waals surface area (Å²) in [6.45, 7) is 0. The summed E-state index contributed by atoms with van der Waals surface area (Å²) < 4.78 is 61.7. The average Bonchev–Trinajstić information content (AvgIpc) is 2.25. The standard InChI is InChI=1S/C8H2F5N3O2/c9-7(10)5-6(16(17)18)3(2-14)1-4(15-5)8(11,12)13/h1,7H. The van der Waals surface area contributed by atoms with Gasteiger partial charge in [0.05, 0.1) is 4.92 Å². The molecular weight excluding hydrogens is 265 g/mol. The van der Waals surface area contributed by atoms with E-state index in [2.05, 4.69) is 4.98 Å². The fraction of sp³-hybridized carbons (Fsp3) is 0.250. The van der Waals surface area contributed by atoms with E-state index < -0.39 is 40.2 Å². The minimum absolute atomic E-state index is 0.0595. The molecule has 0 N–H and O–H groups in total. The van der Waals surface area contributed by atoms with Crippen molar-refractivity contribution in [1.29, 1.82) is 5.26 Å². The third-order valence-corrected chi connectivity index (χ3v) is 1.82.